The molecular weight excluding hydrogens is 307 g/mol. The van der Waals surface area contributed by atoms with Gasteiger partial charge in [0.2, 0.25) is 0 Å². The molecule has 7 nitrogen and oxygen atoms in total. The lowest BCUT2D eigenvalue weighted by Crippen LogP contribution is -2.17. The van der Waals surface area contributed by atoms with Crippen LogP contribution in [-0.4, -0.2) is 39.5 Å². The quantitative estimate of drug-likeness (QED) is 0.839. The first-order valence-corrected chi connectivity index (χ1v) is 5.99. The molecule has 0 spiro atoms. The average Bonchev–Trinajstić information content (AvgIpc) is 2.89. The summed E-state index contributed by atoms with van der Waals surface area (Å²) in [4.78, 5) is 11.7. The highest BCUT2D eigenvalue weighted by Crippen LogP contribution is 2.35. The van der Waals surface area contributed by atoms with Gasteiger partial charge in [0.1, 0.15) is 5.69 Å². The number of phenols is 1. The third-order valence-electron chi connectivity index (χ3n) is 2.48. The van der Waals surface area contributed by atoms with Crippen LogP contribution in [0.15, 0.2) is 18.2 Å². The number of hydrogen-bond donors (Lipinski definition) is 2. The van der Waals surface area contributed by atoms with E-state index in [1.54, 1.807) is 6.92 Å². The smallest absolute Gasteiger partial charge is 0.504 e. The molecule has 1 aromatic heterocycles. The van der Waals surface area contributed by atoms with E-state index in [2.05, 4.69) is 20.1 Å². The number of alkyl halides is 3. The number of esters is 1. The van der Waals surface area contributed by atoms with Crippen LogP contribution >= 0.6 is 0 Å². The van der Waals surface area contributed by atoms with E-state index in [1.165, 1.54) is 6.07 Å². The molecule has 1 aromatic carbocycles. The molecule has 1 heterocycles. The number of halogens is 3. The number of aromatic amines is 1. The number of aromatic hydroxyl groups is 1. The third kappa shape index (κ3) is 3.45. The second kappa shape index (κ2) is 5.92. The fourth-order valence-corrected chi connectivity index (χ4v) is 1.64. The Morgan fingerprint density at radius 2 is 2.09 bits per heavy atom. The monoisotopic (exact) mass is 317 g/mol. The van der Waals surface area contributed by atoms with Crippen LogP contribution in [0.1, 0.15) is 17.4 Å². The van der Waals surface area contributed by atoms with E-state index in [0.717, 1.165) is 12.1 Å². The van der Waals surface area contributed by atoms with Gasteiger partial charge in [-0.3, -0.25) is 0 Å². The minimum Gasteiger partial charge on any atom is -0.504 e. The molecule has 0 saturated heterocycles. The number of nitrogens with one attached hydrogen (secondary N) is 1. The van der Waals surface area contributed by atoms with E-state index in [9.17, 15) is 23.1 Å². The highest BCUT2D eigenvalue weighted by molar-refractivity contribution is 5.94. The number of carbonyl (C=O) groups excluding carboxylic acids is 1. The van der Waals surface area contributed by atoms with E-state index >= 15 is 0 Å². The van der Waals surface area contributed by atoms with Gasteiger partial charge in [-0.15, -0.1) is 18.3 Å². The minimum absolute atomic E-state index is 0.0227. The van der Waals surface area contributed by atoms with Crippen molar-refractivity contribution in [3.8, 4) is 22.8 Å². The second-order valence-corrected chi connectivity index (χ2v) is 3.97. The van der Waals surface area contributed by atoms with E-state index in [4.69, 9.17) is 4.74 Å². The predicted molar refractivity (Wildman–Crippen MR) is 66.1 cm³/mol. The van der Waals surface area contributed by atoms with Crippen LogP contribution in [0.4, 0.5) is 13.2 Å². The molecule has 0 bridgehead atoms. The Morgan fingerprint density at radius 3 is 2.73 bits per heavy atom. The highest BCUT2D eigenvalue weighted by Gasteiger charge is 2.32. The molecule has 0 fully saturated rings. The fraction of sp³-hybridized carbons (Fsp3) is 0.250. The van der Waals surface area contributed by atoms with Crippen molar-refractivity contribution in [2.24, 2.45) is 0 Å². The zero-order valence-corrected chi connectivity index (χ0v) is 11.1. The van der Waals surface area contributed by atoms with Crippen LogP contribution in [0, 0.1) is 0 Å². The third-order valence-corrected chi connectivity index (χ3v) is 2.48. The van der Waals surface area contributed by atoms with E-state index in [0.29, 0.717) is 0 Å². The number of ether oxygens (including phenoxy) is 2. The largest absolute Gasteiger partial charge is 0.573 e. The summed E-state index contributed by atoms with van der Waals surface area (Å²) in [5.41, 5.74) is -0.121. The predicted octanol–water partition coefficient (Wildman–Crippen LogP) is 2.25. The number of H-pyrrole nitrogens is 1. The number of benzene rings is 1. The summed E-state index contributed by atoms with van der Waals surface area (Å²) in [6.45, 7) is 1.69. The summed E-state index contributed by atoms with van der Waals surface area (Å²) in [7, 11) is 0. The highest BCUT2D eigenvalue weighted by atomic mass is 19.4. The van der Waals surface area contributed by atoms with Gasteiger partial charge in [-0.1, -0.05) is 0 Å². The van der Waals surface area contributed by atoms with Gasteiger partial charge in [-0.25, -0.2) is 4.79 Å². The average molecular weight is 317 g/mol. The summed E-state index contributed by atoms with van der Waals surface area (Å²) >= 11 is 0. The topological polar surface area (TPSA) is 97.3 Å². The molecule has 10 heteroatoms. The Balaban J connectivity index is 2.40. The summed E-state index contributed by atoms with van der Waals surface area (Å²) in [6.07, 6.45) is -4.97. The Morgan fingerprint density at radius 1 is 1.36 bits per heavy atom. The molecule has 2 aromatic rings. The Kier molecular flexibility index (Phi) is 4.20. The van der Waals surface area contributed by atoms with E-state index in [1.807, 2.05) is 0 Å². The Hall–Kier alpha value is -2.78. The maximum Gasteiger partial charge on any atom is 0.573 e. The molecule has 0 atom stereocenters. The second-order valence-electron chi connectivity index (χ2n) is 3.97. The Labute approximate surface area is 121 Å². The number of carbonyl (C=O) groups is 1. The lowest BCUT2D eigenvalue weighted by atomic mass is 10.1. The van der Waals surface area contributed by atoms with Gasteiger partial charge >= 0.3 is 12.3 Å². The van der Waals surface area contributed by atoms with Gasteiger partial charge in [-0.2, -0.15) is 10.3 Å². The van der Waals surface area contributed by atoms with E-state index in [-0.39, 0.29) is 23.6 Å². The van der Waals surface area contributed by atoms with Gasteiger partial charge in [0.25, 0.3) is 0 Å². The van der Waals surface area contributed by atoms with Crippen molar-refractivity contribution in [2.45, 2.75) is 13.3 Å². The molecule has 0 unspecified atom stereocenters. The van der Waals surface area contributed by atoms with Crippen LogP contribution in [0.25, 0.3) is 11.3 Å². The maximum atomic E-state index is 12.3. The number of hydrogen-bond acceptors (Lipinski definition) is 6. The molecule has 118 valence electrons. The molecule has 2 N–H and O–H groups in total. The zero-order valence-electron chi connectivity index (χ0n) is 11.1. The van der Waals surface area contributed by atoms with Crippen molar-refractivity contribution in [2.75, 3.05) is 6.61 Å². The van der Waals surface area contributed by atoms with Crippen molar-refractivity contribution >= 4 is 5.97 Å². The fourth-order valence-electron chi connectivity index (χ4n) is 1.64. The van der Waals surface area contributed by atoms with Gasteiger partial charge in [0, 0.05) is 5.56 Å². The van der Waals surface area contributed by atoms with E-state index < -0.39 is 23.8 Å². The number of nitrogens with zero attached hydrogens (tertiary/aromatic N) is 2. The lowest BCUT2D eigenvalue weighted by molar-refractivity contribution is -0.275. The van der Waals surface area contributed by atoms with Gasteiger partial charge in [-0.05, 0) is 25.1 Å². The molecule has 0 aliphatic rings. The van der Waals surface area contributed by atoms with Crippen molar-refractivity contribution in [1.82, 2.24) is 15.4 Å². The van der Waals surface area contributed by atoms with Crippen LogP contribution in [-0.2, 0) is 4.74 Å². The molecule has 2 rings (SSSR count). The van der Waals surface area contributed by atoms with Crippen molar-refractivity contribution < 1.29 is 32.5 Å². The summed E-state index contributed by atoms with van der Waals surface area (Å²) in [6, 6.07) is 3.14. The van der Waals surface area contributed by atoms with Gasteiger partial charge in [0.05, 0.1) is 6.61 Å². The maximum absolute atomic E-state index is 12.3. The van der Waals surface area contributed by atoms with Crippen LogP contribution < -0.4 is 4.74 Å². The standard InChI is InChI=1S/C12H10F3N3O4/c1-2-21-11(20)10-9(16-18-17-10)6-3-4-7(19)8(5-6)22-12(13,14)15/h3-5,19H,2H2,1H3,(H,16,17,18). The molecule has 22 heavy (non-hydrogen) atoms. The van der Waals surface area contributed by atoms with Crippen molar-refractivity contribution in [3.05, 3.63) is 23.9 Å². The number of rotatable bonds is 4. The number of phenolic OH excluding ortho intramolecular Hbond substituents is 1. The molecule has 0 radical (unpaired) electrons. The van der Waals surface area contributed by atoms with Crippen LogP contribution in [0.5, 0.6) is 11.5 Å². The summed E-state index contributed by atoms with van der Waals surface area (Å²) in [5, 5.41) is 18.9. The molecule has 0 amide bonds. The van der Waals surface area contributed by atoms with Crippen molar-refractivity contribution in [3.63, 3.8) is 0 Å². The zero-order chi connectivity index (χ0) is 16.3. The molecule has 0 saturated carbocycles. The minimum atomic E-state index is -4.97. The first-order chi connectivity index (χ1) is 10.3. The normalized spacial score (nSPS) is 11.3. The summed E-state index contributed by atoms with van der Waals surface area (Å²) < 4.78 is 45.2. The first-order valence-electron chi connectivity index (χ1n) is 5.99. The Bertz CT molecular complexity index is 684. The van der Waals surface area contributed by atoms with Crippen LogP contribution in [0.2, 0.25) is 0 Å². The van der Waals surface area contributed by atoms with Gasteiger partial charge < -0.3 is 14.6 Å². The SMILES string of the molecule is CCOC(=O)c1n[nH]nc1-c1ccc(O)c(OC(F)(F)F)c1. The van der Waals surface area contributed by atoms with Crippen molar-refractivity contribution in [1.29, 1.82) is 0 Å². The number of aromatic nitrogens is 3. The molecule has 0 aliphatic carbocycles. The van der Waals surface area contributed by atoms with Gasteiger partial charge in [0.15, 0.2) is 17.2 Å². The molecular formula is C12H10F3N3O4. The first kappa shape index (κ1) is 15.6. The lowest BCUT2D eigenvalue weighted by Gasteiger charge is -2.11. The molecule has 0 aliphatic heterocycles. The van der Waals surface area contributed by atoms with Crippen LogP contribution in [0.3, 0.4) is 0 Å². The summed E-state index contributed by atoms with van der Waals surface area (Å²) in [5.74, 6) is -2.30.